The molecule has 0 aliphatic carbocycles. The average Bonchev–Trinajstić information content (AvgIpc) is 2.72. The fourth-order valence-electron chi connectivity index (χ4n) is 3.11. The van der Waals surface area contributed by atoms with Crippen LogP contribution in [0.4, 0.5) is 0 Å². The molecule has 3 rings (SSSR count). The number of nitrogens with zero attached hydrogens (tertiary/aromatic N) is 1. The first-order chi connectivity index (χ1) is 13.3. The predicted octanol–water partition coefficient (Wildman–Crippen LogP) is 3.51. The van der Waals surface area contributed by atoms with Crippen molar-refractivity contribution >= 4 is 5.96 Å². The Labute approximate surface area is 161 Å². The van der Waals surface area contributed by atoms with Crippen LogP contribution in [0.25, 0.3) is 11.1 Å². The number of rotatable bonds is 8. The van der Waals surface area contributed by atoms with Gasteiger partial charge < -0.3 is 20.5 Å². The van der Waals surface area contributed by atoms with Crippen LogP contribution in [-0.4, -0.2) is 32.3 Å². The highest BCUT2D eigenvalue weighted by Gasteiger charge is 2.11. The van der Waals surface area contributed by atoms with Gasteiger partial charge in [-0.15, -0.1) is 0 Å². The van der Waals surface area contributed by atoms with Crippen LogP contribution in [-0.2, 0) is 17.7 Å². The molecule has 0 saturated heterocycles. The largest absolute Gasteiger partial charge is 0.493 e. The number of benzene rings is 2. The molecule has 0 bridgehead atoms. The molecule has 0 radical (unpaired) electrons. The van der Waals surface area contributed by atoms with Crippen molar-refractivity contribution in [3.8, 4) is 16.9 Å². The van der Waals surface area contributed by atoms with Crippen LogP contribution >= 0.6 is 0 Å². The van der Waals surface area contributed by atoms with Crippen LogP contribution in [0, 0.1) is 0 Å². The Hall–Kier alpha value is -2.53. The molecule has 144 valence electrons. The van der Waals surface area contributed by atoms with E-state index in [2.05, 4.69) is 52.8 Å². The first-order valence-corrected chi connectivity index (χ1v) is 9.73. The average molecular weight is 367 g/mol. The maximum Gasteiger partial charge on any atom is 0.188 e. The van der Waals surface area contributed by atoms with Gasteiger partial charge in [0.15, 0.2) is 5.96 Å². The van der Waals surface area contributed by atoms with Crippen LogP contribution in [0.15, 0.2) is 47.5 Å². The number of hydrogen-bond donors (Lipinski definition) is 2. The minimum atomic E-state index is 0.477. The van der Waals surface area contributed by atoms with E-state index in [0.717, 1.165) is 56.9 Å². The molecule has 0 spiro atoms. The summed E-state index contributed by atoms with van der Waals surface area (Å²) in [5, 5.41) is 3.11. The summed E-state index contributed by atoms with van der Waals surface area (Å²) in [6.45, 7) is 5.66. The van der Waals surface area contributed by atoms with Gasteiger partial charge in [0.05, 0.1) is 13.2 Å². The van der Waals surface area contributed by atoms with Gasteiger partial charge in [0.25, 0.3) is 0 Å². The summed E-state index contributed by atoms with van der Waals surface area (Å²) in [4.78, 5) is 4.40. The zero-order chi connectivity index (χ0) is 18.9. The zero-order valence-corrected chi connectivity index (χ0v) is 16.0. The highest BCUT2D eigenvalue weighted by molar-refractivity contribution is 5.77. The molecule has 0 fully saturated rings. The molecule has 0 amide bonds. The van der Waals surface area contributed by atoms with Crippen LogP contribution < -0.4 is 15.8 Å². The summed E-state index contributed by atoms with van der Waals surface area (Å²) in [6, 6.07) is 14.9. The second-order valence-electron chi connectivity index (χ2n) is 6.65. The number of fused-ring (bicyclic) bond motifs is 1. The Morgan fingerprint density at radius 2 is 2.00 bits per heavy atom. The lowest BCUT2D eigenvalue weighted by molar-refractivity contribution is 0.145. The van der Waals surface area contributed by atoms with Gasteiger partial charge in [-0.2, -0.15) is 0 Å². The lowest BCUT2D eigenvalue weighted by Gasteiger charge is -2.18. The molecule has 2 aromatic rings. The first-order valence-electron chi connectivity index (χ1n) is 9.73. The molecule has 3 N–H and O–H groups in total. The van der Waals surface area contributed by atoms with E-state index in [-0.39, 0.29) is 0 Å². The molecule has 5 heteroatoms. The minimum Gasteiger partial charge on any atom is -0.493 e. The van der Waals surface area contributed by atoms with Gasteiger partial charge in [0.2, 0.25) is 0 Å². The molecular formula is C22H29N3O2. The van der Waals surface area contributed by atoms with Crippen molar-refractivity contribution in [2.75, 3.05) is 26.4 Å². The zero-order valence-electron chi connectivity index (χ0n) is 16.0. The summed E-state index contributed by atoms with van der Waals surface area (Å²) < 4.78 is 11.0. The van der Waals surface area contributed by atoms with E-state index in [0.29, 0.717) is 12.5 Å². The van der Waals surface area contributed by atoms with Crippen molar-refractivity contribution in [1.82, 2.24) is 5.32 Å². The van der Waals surface area contributed by atoms with E-state index >= 15 is 0 Å². The van der Waals surface area contributed by atoms with Crippen molar-refractivity contribution in [1.29, 1.82) is 0 Å². The van der Waals surface area contributed by atoms with E-state index in [1.54, 1.807) is 0 Å². The lowest BCUT2D eigenvalue weighted by atomic mass is 9.98. The third-order valence-corrected chi connectivity index (χ3v) is 4.60. The molecule has 0 saturated carbocycles. The summed E-state index contributed by atoms with van der Waals surface area (Å²) in [7, 11) is 0. The first kappa shape index (κ1) is 19.2. The van der Waals surface area contributed by atoms with Crippen LogP contribution in [0.1, 0.15) is 30.9 Å². The van der Waals surface area contributed by atoms with E-state index in [1.807, 2.05) is 6.92 Å². The quantitative estimate of drug-likeness (QED) is 0.426. The number of guanidine groups is 1. The predicted molar refractivity (Wildman–Crippen MR) is 110 cm³/mol. The highest BCUT2D eigenvalue weighted by atomic mass is 16.5. The van der Waals surface area contributed by atoms with Crippen molar-refractivity contribution in [3.63, 3.8) is 0 Å². The fraction of sp³-hybridized carbons (Fsp3) is 0.409. The van der Waals surface area contributed by atoms with Gasteiger partial charge in [-0.05, 0) is 60.6 Å². The normalized spacial score (nSPS) is 13.7. The fourth-order valence-corrected chi connectivity index (χ4v) is 3.11. The van der Waals surface area contributed by atoms with Crippen LogP contribution in [0.3, 0.4) is 0 Å². The molecule has 1 aliphatic heterocycles. The molecule has 1 heterocycles. The Balaban J connectivity index is 1.53. The number of nitrogens with two attached hydrogens (primary N) is 1. The van der Waals surface area contributed by atoms with Gasteiger partial charge >= 0.3 is 0 Å². The summed E-state index contributed by atoms with van der Waals surface area (Å²) in [5.41, 5.74) is 10.8. The number of aryl methyl sites for hydroxylation is 1. The van der Waals surface area contributed by atoms with Gasteiger partial charge in [0.1, 0.15) is 5.75 Å². The third kappa shape index (κ3) is 5.73. The molecule has 2 aromatic carbocycles. The van der Waals surface area contributed by atoms with Gasteiger partial charge in [0, 0.05) is 19.8 Å². The number of hydrogen-bond acceptors (Lipinski definition) is 3. The van der Waals surface area contributed by atoms with Crippen molar-refractivity contribution < 1.29 is 9.47 Å². The van der Waals surface area contributed by atoms with E-state index in [9.17, 15) is 0 Å². The second kappa shape index (κ2) is 9.97. The van der Waals surface area contributed by atoms with Gasteiger partial charge in [-0.3, -0.25) is 0 Å². The maximum atomic E-state index is 5.91. The van der Waals surface area contributed by atoms with Crippen molar-refractivity contribution in [3.05, 3.63) is 53.6 Å². The Kier molecular flexibility index (Phi) is 7.11. The molecule has 27 heavy (non-hydrogen) atoms. The standard InChI is InChI=1S/C22H29N3O2/c1-2-26-13-4-12-24-22(23)25-16-17-6-8-18(9-7-17)19-10-11-21-20(15-19)5-3-14-27-21/h6-11,15H,2-5,12-14,16H2,1H3,(H3,23,24,25). The van der Waals surface area contributed by atoms with Crippen molar-refractivity contribution in [2.24, 2.45) is 10.7 Å². The Bertz CT molecular complexity index is 757. The summed E-state index contributed by atoms with van der Waals surface area (Å²) >= 11 is 0. The lowest BCUT2D eigenvalue weighted by Crippen LogP contribution is -2.32. The van der Waals surface area contributed by atoms with Crippen LogP contribution in [0.2, 0.25) is 0 Å². The Morgan fingerprint density at radius 3 is 2.81 bits per heavy atom. The highest BCUT2D eigenvalue weighted by Crippen LogP contribution is 2.30. The van der Waals surface area contributed by atoms with Gasteiger partial charge in [-0.25, -0.2) is 4.99 Å². The molecule has 5 nitrogen and oxygen atoms in total. The molecule has 0 unspecified atom stereocenters. The molecule has 0 aromatic heterocycles. The van der Waals surface area contributed by atoms with E-state index in [1.165, 1.54) is 16.7 Å². The molecule has 1 aliphatic rings. The summed E-state index contributed by atoms with van der Waals surface area (Å²) in [6.07, 6.45) is 3.10. The van der Waals surface area contributed by atoms with Crippen LogP contribution in [0.5, 0.6) is 5.75 Å². The number of nitrogens with one attached hydrogen (secondary N) is 1. The number of aliphatic imine (C=N–C) groups is 1. The Morgan fingerprint density at radius 1 is 1.19 bits per heavy atom. The van der Waals surface area contributed by atoms with Gasteiger partial charge in [-0.1, -0.05) is 30.3 Å². The second-order valence-corrected chi connectivity index (χ2v) is 6.65. The molecule has 0 atom stereocenters. The minimum absolute atomic E-state index is 0.477. The van der Waals surface area contributed by atoms with Crippen molar-refractivity contribution in [2.45, 2.75) is 32.7 Å². The monoisotopic (exact) mass is 367 g/mol. The third-order valence-electron chi connectivity index (χ3n) is 4.60. The smallest absolute Gasteiger partial charge is 0.188 e. The SMILES string of the molecule is CCOCCCNC(N)=NCc1ccc(-c2ccc3c(c2)CCCO3)cc1. The molecular weight excluding hydrogens is 338 g/mol. The maximum absolute atomic E-state index is 5.91. The number of ether oxygens (including phenoxy) is 2. The topological polar surface area (TPSA) is 68.9 Å². The summed E-state index contributed by atoms with van der Waals surface area (Å²) in [5.74, 6) is 1.51. The van der Waals surface area contributed by atoms with E-state index in [4.69, 9.17) is 15.2 Å². The van der Waals surface area contributed by atoms with E-state index < -0.39 is 0 Å².